The number of carboxylic acids is 1. The Morgan fingerprint density at radius 3 is 1.78 bits per heavy atom. The number of ether oxygens (including phenoxy) is 3. The van der Waals surface area contributed by atoms with Crippen LogP contribution in [0.3, 0.4) is 0 Å². The molecule has 0 aromatic carbocycles. The fourth-order valence-electron chi connectivity index (χ4n) is 4.73. The van der Waals surface area contributed by atoms with E-state index < -0.39 is 18.1 Å². The SMILES string of the molecule is CC/C=C\C/C=C\C/C=C\C/C=C\CCCCCCC(=O)OC(COCCC(C(=O)O)[N+](C)(C)C)COC(=O)CCCCCCC. The van der Waals surface area contributed by atoms with Crippen molar-refractivity contribution in [2.75, 3.05) is 41.0 Å². The van der Waals surface area contributed by atoms with Gasteiger partial charge >= 0.3 is 17.9 Å². The number of hydrogen-bond donors (Lipinski definition) is 1. The Hall–Kier alpha value is -2.71. The molecule has 0 fully saturated rings. The van der Waals surface area contributed by atoms with E-state index in [9.17, 15) is 19.5 Å². The molecule has 8 nitrogen and oxygen atoms in total. The predicted octanol–water partition coefficient (Wildman–Crippen LogP) is 8.51. The van der Waals surface area contributed by atoms with Gasteiger partial charge in [-0.15, -0.1) is 0 Å². The second kappa shape index (κ2) is 29.7. The molecule has 0 aromatic rings. The zero-order chi connectivity index (χ0) is 34.3. The Kier molecular flexibility index (Phi) is 27.9. The molecule has 264 valence electrons. The second-order valence-corrected chi connectivity index (χ2v) is 12.7. The summed E-state index contributed by atoms with van der Waals surface area (Å²) in [6.45, 7) is 4.48. The molecule has 2 atom stereocenters. The lowest BCUT2D eigenvalue weighted by molar-refractivity contribution is -0.887. The molecule has 0 spiro atoms. The number of unbranched alkanes of at least 4 members (excludes halogenated alkanes) is 8. The lowest BCUT2D eigenvalue weighted by atomic mass is 10.1. The summed E-state index contributed by atoms with van der Waals surface area (Å²) >= 11 is 0. The van der Waals surface area contributed by atoms with Crippen molar-refractivity contribution in [1.82, 2.24) is 0 Å². The number of allylic oxidation sites excluding steroid dienone is 8. The van der Waals surface area contributed by atoms with Crippen molar-refractivity contribution in [2.24, 2.45) is 0 Å². The van der Waals surface area contributed by atoms with Crippen LogP contribution < -0.4 is 0 Å². The minimum absolute atomic E-state index is 0.0495. The van der Waals surface area contributed by atoms with Crippen LogP contribution in [0.25, 0.3) is 0 Å². The van der Waals surface area contributed by atoms with Gasteiger partial charge in [-0.2, -0.15) is 0 Å². The third-order valence-electron chi connectivity index (χ3n) is 7.49. The van der Waals surface area contributed by atoms with Crippen LogP contribution in [-0.2, 0) is 28.6 Å². The van der Waals surface area contributed by atoms with Gasteiger partial charge in [-0.25, -0.2) is 4.79 Å². The van der Waals surface area contributed by atoms with Crippen molar-refractivity contribution in [3.05, 3.63) is 48.6 Å². The lowest BCUT2D eigenvalue weighted by Crippen LogP contribution is -2.50. The van der Waals surface area contributed by atoms with Crippen LogP contribution in [0.5, 0.6) is 0 Å². The molecule has 8 heteroatoms. The molecule has 0 aliphatic heterocycles. The molecule has 0 aliphatic rings. The van der Waals surface area contributed by atoms with Gasteiger partial charge in [0.15, 0.2) is 12.1 Å². The van der Waals surface area contributed by atoms with E-state index in [0.717, 1.165) is 89.9 Å². The Labute approximate surface area is 280 Å². The van der Waals surface area contributed by atoms with Crippen LogP contribution in [-0.4, -0.2) is 80.6 Å². The molecule has 1 N–H and O–H groups in total. The zero-order valence-electron chi connectivity index (χ0n) is 29.8. The quantitative estimate of drug-likeness (QED) is 0.0361. The number of nitrogens with zero attached hydrogens (tertiary/aromatic N) is 1. The van der Waals surface area contributed by atoms with Crippen molar-refractivity contribution in [3.63, 3.8) is 0 Å². The minimum Gasteiger partial charge on any atom is -0.477 e. The molecule has 0 saturated heterocycles. The number of aliphatic carboxylic acids is 1. The number of carboxylic acid groups (broad SMARTS) is 1. The first-order chi connectivity index (χ1) is 22.1. The molecule has 46 heavy (non-hydrogen) atoms. The predicted molar refractivity (Wildman–Crippen MR) is 188 cm³/mol. The van der Waals surface area contributed by atoms with Crippen molar-refractivity contribution >= 4 is 17.9 Å². The number of esters is 2. The highest BCUT2D eigenvalue weighted by molar-refractivity contribution is 5.72. The highest BCUT2D eigenvalue weighted by atomic mass is 16.6. The van der Waals surface area contributed by atoms with Gasteiger partial charge in [0.1, 0.15) is 6.61 Å². The number of likely N-dealkylation sites (N-methyl/N-ethyl adjacent to an activating group) is 1. The van der Waals surface area contributed by atoms with E-state index in [1.54, 1.807) is 0 Å². The molecule has 0 aromatic heterocycles. The van der Waals surface area contributed by atoms with Crippen molar-refractivity contribution in [3.8, 4) is 0 Å². The fourth-order valence-corrected chi connectivity index (χ4v) is 4.73. The van der Waals surface area contributed by atoms with Crippen molar-refractivity contribution < 1.29 is 38.2 Å². The minimum atomic E-state index is -0.884. The maximum absolute atomic E-state index is 12.6. The Morgan fingerprint density at radius 1 is 0.674 bits per heavy atom. The Balaban J connectivity index is 4.40. The van der Waals surface area contributed by atoms with Crippen LogP contribution in [0.4, 0.5) is 0 Å². The fraction of sp³-hybridized carbons (Fsp3) is 0.711. The van der Waals surface area contributed by atoms with Crippen LogP contribution in [0.15, 0.2) is 48.6 Å². The zero-order valence-corrected chi connectivity index (χ0v) is 29.8. The number of carbonyl (C=O) groups is 3. The molecule has 0 aliphatic carbocycles. The van der Waals surface area contributed by atoms with Crippen LogP contribution in [0.1, 0.15) is 123 Å². The maximum Gasteiger partial charge on any atom is 0.362 e. The molecule has 0 heterocycles. The van der Waals surface area contributed by atoms with E-state index in [-0.39, 0.29) is 36.2 Å². The summed E-state index contributed by atoms with van der Waals surface area (Å²) in [7, 11) is 5.49. The molecule has 0 amide bonds. The smallest absolute Gasteiger partial charge is 0.362 e. The molecule has 0 bridgehead atoms. The first-order valence-corrected chi connectivity index (χ1v) is 17.7. The van der Waals surface area contributed by atoms with Gasteiger partial charge in [0.05, 0.1) is 34.4 Å². The molecule has 0 saturated carbocycles. The molecular weight excluding hydrogens is 582 g/mol. The Bertz CT molecular complexity index is 901. The van der Waals surface area contributed by atoms with Gasteiger partial charge < -0.3 is 23.8 Å². The van der Waals surface area contributed by atoms with Gasteiger partial charge in [0.25, 0.3) is 0 Å². The van der Waals surface area contributed by atoms with Gasteiger partial charge in [0.2, 0.25) is 0 Å². The molecule has 0 radical (unpaired) electrons. The number of carbonyl (C=O) groups excluding carboxylic acids is 2. The van der Waals surface area contributed by atoms with Gasteiger partial charge in [-0.1, -0.05) is 101 Å². The summed E-state index contributed by atoms with van der Waals surface area (Å²) in [6, 6.07) is -0.616. The first kappa shape index (κ1) is 43.3. The van der Waals surface area contributed by atoms with Gasteiger partial charge in [0, 0.05) is 19.3 Å². The van der Waals surface area contributed by atoms with E-state index >= 15 is 0 Å². The second-order valence-electron chi connectivity index (χ2n) is 12.7. The lowest BCUT2D eigenvalue weighted by Gasteiger charge is -2.31. The first-order valence-electron chi connectivity index (χ1n) is 17.7. The summed E-state index contributed by atoms with van der Waals surface area (Å²) in [5, 5.41) is 9.54. The maximum atomic E-state index is 12.6. The topological polar surface area (TPSA) is 99.1 Å². The average Bonchev–Trinajstić information content (AvgIpc) is 3.00. The number of rotatable bonds is 30. The van der Waals surface area contributed by atoms with E-state index in [1.165, 1.54) is 0 Å². The molecule has 0 rings (SSSR count). The average molecular weight is 649 g/mol. The van der Waals surface area contributed by atoms with E-state index in [1.807, 2.05) is 21.1 Å². The number of quaternary nitrogens is 1. The van der Waals surface area contributed by atoms with Gasteiger partial charge in [-0.3, -0.25) is 9.59 Å². The summed E-state index contributed by atoms with van der Waals surface area (Å²) in [4.78, 5) is 36.4. The number of hydrogen-bond acceptors (Lipinski definition) is 6. The third-order valence-corrected chi connectivity index (χ3v) is 7.49. The summed E-state index contributed by atoms with van der Waals surface area (Å²) < 4.78 is 17.0. The highest BCUT2D eigenvalue weighted by Gasteiger charge is 2.31. The Morgan fingerprint density at radius 2 is 1.22 bits per heavy atom. The summed E-state index contributed by atoms with van der Waals surface area (Å²) in [5.41, 5.74) is 0. The largest absolute Gasteiger partial charge is 0.477 e. The van der Waals surface area contributed by atoms with Crippen molar-refractivity contribution in [2.45, 2.75) is 135 Å². The molecular formula is C38H66NO7+. The van der Waals surface area contributed by atoms with E-state index in [4.69, 9.17) is 14.2 Å². The highest BCUT2D eigenvalue weighted by Crippen LogP contribution is 2.12. The summed E-state index contributed by atoms with van der Waals surface area (Å²) in [6.07, 6.45) is 31.9. The van der Waals surface area contributed by atoms with Crippen LogP contribution in [0.2, 0.25) is 0 Å². The van der Waals surface area contributed by atoms with Crippen molar-refractivity contribution in [1.29, 1.82) is 0 Å². The van der Waals surface area contributed by atoms with E-state index in [0.29, 0.717) is 19.3 Å². The standard InChI is InChI=1S/C38H65NO7/c1-6-8-10-12-13-14-15-16-17-18-19-20-21-22-23-25-27-29-37(41)46-34(33-45-36(40)28-26-24-11-9-7-2)32-44-31-30-35(38(42)43)39(3,4)5/h8,10,13-14,16-17,19-20,34-35H,6-7,9,11-12,15,18,21-33H2,1-5H3/p+1/b10-8-,14-13-,17-16-,20-19-. The normalized spacial score (nSPS) is 13.7. The van der Waals surface area contributed by atoms with Crippen LogP contribution >= 0.6 is 0 Å². The van der Waals surface area contributed by atoms with Crippen LogP contribution in [0, 0.1) is 0 Å². The summed E-state index contributed by atoms with van der Waals surface area (Å²) in [5.74, 6) is -1.52. The van der Waals surface area contributed by atoms with E-state index in [2.05, 4.69) is 62.5 Å². The monoisotopic (exact) mass is 648 g/mol. The molecule has 2 unspecified atom stereocenters. The van der Waals surface area contributed by atoms with Gasteiger partial charge in [-0.05, 0) is 51.4 Å². The third kappa shape index (κ3) is 27.6.